The molecule has 0 amide bonds. The Morgan fingerprint density at radius 1 is 1.55 bits per heavy atom. The lowest BCUT2D eigenvalue weighted by Crippen LogP contribution is -2.48. The number of aliphatic hydroxyl groups excluding tert-OH is 2. The third-order valence-corrected chi connectivity index (χ3v) is 2.05. The van der Waals surface area contributed by atoms with Gasteiger partial charge in [-0.25, -0.2) is 0 Å². The molecule has 0 aromatic rings. The number of ether oxygens (including phenoxy) is 1. The first-order valence-corrected chi connectivity index (χ1v) is 3.86. The van der Waals surface area contributed by atoms with Gasteiger partial charge in [-0.15, -0.1) is 0 Å². The molecule has 66 valence electrons. The Hall–Kier alpha value is -0.160. The Bertz CT molecular complexity index is 119. The average Bonchev–Trinajstić information content (AvgIpc) is 1.99. The average molecular weight is 161 g/mol. The second-order valence-electron chi connectivity index (χ2n) is 2.99. The highest BCUT2D eigenvalue weighted by molar-refractivity contribution is 4.83. The highest BCUT2D eigenvalue weighted by Gasteiger charge is 2.32. The van der Waals surface area contributed by atoms with E-state index in [4.69, 9.17) is 10.5 Å². The number of rotatable bonds is 1. The molecule has 4 atom stereocenters. The maximum atomic E-state index is 9.26. The van der Waals surface area contributed by atoms with E-state index in [9.17, 15) is 10.2 Å². The number of nitrogens with two attached hydrogens (primary N) is 1. The third-order valence-electron chi connectivity index (χ3n) is 2.05. The van der Waals surface area contributed by atoms with E-state index < -0.39 is 12.2 Å². The van der Waals surface area contributed by atoms with E-state index in [0.717, 1.165) is 0 Å². The summed E-state index contributed by atoms with van der Waals surface area (Å²) in [6.07, 6.45) is -1.44. The summed E-state index contributed by atoms with van der Waals surface area (Å²) in [6.45, 7) is 2.13. The quantitative estimate of drug-likeness (QED) is 0.453. The lowest BCUT2D eigenvalue weighted by molar-refractivity contribution is -0.158. The minimum Gasteiger partial charge on any atom is -0.390 e. The molecule has 11 heavy (non-hydrogen) atoms. The van der Waals surface area contributed by atoms with Crippen LogP contribution in [0, 0.1) is 0 Å². The van der Waals surface area contributed by atoms with Crippen LogP contribution in [0.25, 0.3) is 0 Å². The molecule has 0 aromatic carbocycles. The molecular weight excluding hydrogens is 146 g/mol. The Morgan fingerprint density at radius 3 is 2.64 bits per heavy atom. The fourth-order valence-electron chi connectivity index (χ4n) is 1.31. The van der Waals surface area contributed by atoms with Crippen LogP contribution in [0.5, 0.6) is 0 Å². The normalized spacial score (nSPS) is 45.8. The highest BCUT2D eigenvalue weighted by Crippen LogP contribution is 2.18. The van der Waals surface area contributed by atoms with Gasteiger partial charge in [0.1, 0.15) is 6.10 Å². The van der Waals surface area contributed by atoms with Gasteiger partial charge in [-0.05, 0) is 6.92 Å². The maximum absolute atomic E-state index is 9.26. The van der Waals surface area contributed by atoms with Gasteiger partial charge in [0.15, 0.2) is 0 Å². The molecule has 1 saturated heterocycles. The second kappa shape index (κ2) is 3.49. The molecule has 0 unspecified atom stereocenters. The first-order chi connectivity index (χ1) is 5.15. The molecule has 1 heterocycles. The fraction of sp³-hybridized carbons (Fsp3) is 1.00. The monoisotopic (exact) mass is 161 g/mol. The zero-order chi connectivity index (χ0) is 8.43. The molecule has 4 heteroatoms. The van der Waals surface area contributed by atoms with Crippen molar-refractivity contribution >= 4 is 0 Å². The van der Waals surface area contributed by atoms with Crippen molar-refractivity contribution in [1.29, 1.82) is 0 Å². The zero-order valence-corrected chi connectivity index (χ0v) is 6.60. The van der Waals surface area contributed by atoms with Crippen LogP contribution in [0.15, 0.2) is 0 Å². The van der Waals surface area contributed by atoms with Crippen molar-refractivity contribution in [3.8, 4) is 0 Å². The van der Waals surface area contributed by atoms with Crippen molar-refractivity contribution in [2.24, 2.45) is 5.73 Å². The van der Waals surface area contributed by atoms with Crippen LogP contribution < -0.4 is 5.73 Å². The van der Waals surface area contributed by atoms with Gasteiger partial charge in [-0.1, -0.05) is 0 Å². The second-order valence-corrected chi connectivity index (χ2v) is 2.99. The zero-order valence-electron chi connectivity index (χ0n) is 6.60. The summed E-state index contributed by atoms with van der Waals surface area (Å²) in [7, 11) is 0. The largest absolute Gasteiger partial charge is 0.390 e. The van der Waals surface area contributed by atoms with Gasteiger partial charge in [-0.2, -0.15) is 0 Å². The predicted molar refractivity (Wildman–Crippen MR) is 40.0 cm³/mol. The van der Waals surface area contributed by atoms with Crippen molar-refractivity contribution < 1.29 is 14.9 Å². The van der Waals surface area contributed by atoms with Gasteiger partial charge in [-0.3, -0.25) is 0 Å². The number of hydrogen-bond donors (Lipinski definition) is 3. The van der Waals surface area contributed by atoms with Crippen molar-refractivity contribution in [1.82, 2.24) is 0 Å². The lowest BCUT2D eigenvalue weighted by atomic mass is 9.99. The van der Waals surface area contributed by atoms with E-state index in [0.29, 0.717) is 13.0 Å². The first kappa shape index (κ1) is 8.93. The van der Waals surface area contributed by atoms with Crippen LogP contribution in [0.4, 0.5) is 0 Å². The van der Waals surface area contributed by atoms with Crippen molar-refractivity contribution in [2.45, 2.75) is 37.8 Å². The van der Waals surface area contributed by atoms with E-state index in [1.165, 1.54) is 0 Å². The SMILES string of the molecule is C[C@H]1O[C@@H](CN)C[C@H](O)[C@@H]1O. The van der Waals surface area contributed by atoms with E-state index in [1.54, 1.807) is 6.92 Å². The lowest BCUT2D eigenvalue weighted by Gasteiger charge is -2.34. The smallest absolute Gasteiger partial charge is 0.106 e. The van der Waals surface area contributed by atoms with Gasteiger partial charge < -0.3 is 20.7 Å². The van der Waals surface area contributed by atoms with E-state index in [-0.39, 0.29) is 12.2 Å². The predicted octanol–water partition coefficient (Wildman–Crippen LogP) is -1.16. The summed E-state index contributed by atoms with van der Waals surface area (Å²) in [5.74, 6) is 0. The molecule has 4 nitrogen and oxygen atoms in total. The molecule has 0 bridgehead atoms. The van der Waals surface area contributed by atoms with Crippen LogP contribution in [-0.2, 0) is 4.74 Å². The van der Waals surface area contributed by atoms with Crippen LogP contribution in [-0.4, -0.2) is 41.2 Å². The van der Waals surface area contributed by atoms with Crippen molar-refractivity contribution in [3.63, 3.8) is 0 Å². The molecule has 1 aliphatic heterocycles. The van der Waals surface area contributed by atoms with E-state index in [2.05, 4.69) is 0 Å². The molecule has 0 aliphatic carbocycles. The molecule has 0 radical (unpaired) electrons. The molecular formula is C7H15NO3. The summed E-state index contributed by atoms with van der Waals surface area (Å²) >= 11 is 0. The van der Waals surface area contributed by atoms with E-state index in [1.807, 2.05) is 0 Å². The van der Waals surface area contributed by atoms with Crippen molar-refractivity contribution in [3.05, 3.63) is 0 Å². The molecule has 4 N–H and O–H groups in total. The Kier molecular flexibility index (Phi) is 2.84. The minimum atomic E-state index is -0.766. The topological polar surface area (TPSA) is 75.7 Å². The molecule has 1 aliphatic rings. The summed E-state index contributed by atoms with van der Waals surface area (Å²) < 4.78 is 5.28. The highest BCUT2D eigenvalue weighted by atomic mass is 16.5. The number of hydrogen-bond acceptors (Lipinski definition) is 4. The molecule has 1 rings (SSSR count). The van der Waals surface area contributed by atoms with Crippen LogP contribution in [0.3, 0.4) is 0 Å². The van der Waals surface area contributed by atoms with Crippen LogP contribution >= 0.6 is 0 Å². The van der Waals surface area contributed by atoms with Gasteiger partial charge >= 0.3 is 0 Å². The molecule has 0 aromatic heterocycles. The molecule has 0 spiro atoms. The first-order valence-electron chi connectivity index (χ1n) is 3.86. The van der Waals surface area contributed by atoms with Gasteiger partial charge in [0, 0.05) is 13.0 Å². The third kappa shape index (κ3) is 1.90. The molecule has 0 saturated carbocycles. The summed E-state index contributed by atoms with van der Waals surface area (Å²) in [6, 6.07) is 0. The summed E-state index contributed by atoms with van der Waals surface area (Å²) in [5, 5.41) is 18.5. The van der Waals surface area contributed by atoms with Crippen LogP contribution in [0.1, 0.15) is 13.3 Å². The Morgan fingerprint density at radius 2 is 2.18 bits per heavy atom. The Balaban J connectivity index is 2.47. The minimum absolute atomic E-state index is 0.108. The summed E-state index contributed by atoms with van der Waals surface area (Å²) in [4.78, 5) is 0. The molecule has 1 fully saturated rings. The maximum Gasteiger partial charge on any atom is 0.106 e. The van der Waals surface area contributed by atoms with Crippen molar-refractivity contribution in [2.75, 3.05) is 6.54 Å². The van der Waals surface area contributed by atoms with E-state index >= 15 is 0 Å². The summed E-state index contributed by atoms with van der Waals surface area (Å²) in [5.41, 5.74) is 5.36. The number of aliphatic hydroxyl groups is 2. The van der Waals surface area contributed by atoms with Gasteiger partial charge in [0.05, 0.1) is 18.3 Å². The Labute approximate surface area is 66.0 Å². The van der Waals surface area contributed by atoms with Gasteiger partial charge in [0.25, 0.3) is 0 Å². The standard InChI is InChI=1S/C7H15NO3/c1-4-7(10)6(9)2-5(3-8)11-4/h4-7,9-10H,2-3,8H2,1H3/t4-,5-,6+,7-/m1/s1. The van der Waals surface area contributed by atoms with Crippen LogP contribution in [0.2, 0.25) is 0 Å². The van der Waals surface area contributed by atoms with Gasteiger partial charge in [0.2, 0.25) is 0 Å². The fourth-order valence-corrected chi connectivity index (χ4v) is 1.31.